The molecule has 3 rings (SSSR count). The zero-order chi connectivity index (χ0) is 19.8. The number of nitrogens with one attached hydrogen (secondary N) is 1. The van der Waals surface area contributed by atoms with Crippen molar-refractivity contribution >= 4 is 11.7 Å². The van der Waals surface area contributed by atoms with Crippen molar-refractivity contribution < 1.29 is 14.3 Å². The summed E-state index contributed by atoms with van der Waals surface area (Å²) < 4.78 is 11.2. The van der Waals surface area contributed by atoms with E-state index in [1.54, 1.807) is 24.5 Å². The molecule has 1 aliphatic heterocycles. The summed E-state index contributed by atoms with van der Waals surface area (Å²) in [7, 11) is 0. The smallest absolute Gasteiger partial charge is 0.251 e. The summed E-state index contributed by atoms with van der Waals surface area (Å²) >= 11 is 0. The van der Waals surface area contributed by atoms with Gasteiger partial charge in [-0.1, -0.05) is 6.07 Å². The van der Waals surface area contributed by atoms with Gasteiger partial charge in [0.05, 0.1) is 13.2 Å². The third-order valence-corrected chi connectivity index (χ3v) is 4.80. The number of hydrogen-bond acceptors (Lipinski definition) is 6. The number of carbonyl (C=O) groups is 1. The van der Waals surface area contributed by atoms with E-state index in [4.69, 9.17) is 9.47 Å². The summed E-state index contributed by atoms with van der Waals surface area (Å²) in [5, 5.41) is 2.93. The quantitative estimate of drug-likeness (QED) is 0.754. The summed E-state index contributed by atoms with van der Waals surface area (Å²) in [6.45, 7) is 7.86. The Morgan fingerprint density at radius 3 is 2.68 bits per heavy atom. The molecule has 0 saturated carbocycles. The lowest BCUT2D eigenvalue weighted by molar-refractivity contribution is 0.0237. The number of rotatable bonds is 8. The van der Waals surface area contributed by atoms with Gasteiger partial charge < -0.3 is 19.7 Å². The third-order valence-electron chi connectivity index (χ3n) is 4.80. The molecule has 7 heteroatoms. The van der Waals surface area contributed by atoms with Crippen LogP contribution in [0, 0.1) is 0 Å². The van der Waals surface area contributed by atoms with E-state index >= 15 is 0 Å². The lowest BCUT2D eigenvalue weighted by Crippen LogP contribution is -2.27. The molecule has 2 aromatic heterocycles. The van der Waals surface area contributed by atoms with Gasteiger partial charge in [0.1, 0.15) is 11.9 Å². The Kier molecular flexibility index (Phi) is 7.19. The molecule has 0 aromatic carbocycles. The molecule has 1 amide bonds. The fourth-order valence-corrected chi connectivity index (χ4v) is 3.12. The molecule has 1 saturated heterocycles. The Morgan fingerprint density at radius 2 is 2.00 bits per heavy atom. The molecular formula is C21H28N4O3. The van der Waals surface area contributed by atoms with Gasteiger partial charge in [0.2, 0.25) is 5.88 Å². The molecule has 150 valence electrons. The van der Waals surface area contributed by atoms with Crippen LogP contribution in [0.1, 0.15) is 42.6 Å². The largest absolute Gasteiger partial charge is 0.474 e. The highest BCUT2D eigenvalue weighted by Gasteiger charge is 2.16. The molecule has 0 spiro atoms. The first-order valence-corrected chi connectivity index (χ1v) is 9.88. The lowest BCUT2D eigenvalue weighted by atomic mass is 10.1. The fourth-order valence-electron chi connectivity index (χ4n) is 3.12. The van der Waals surface area contributed by atoms with Crippen LogP contribution in [-0.4, -0.2) is 48.3 Å². The predicted molar refractivity (Wildman–Crippen MR) is 108 cm³/mol. The Bertz CT molecular complexity index is 757. The van der Waals surface area contributed by atoms with Crippen molar-refractivity contribution in [3.63, 3.8) is 0 Å². The number of aromatic nitrogens is 2. The Labute approximate surface area is 166 Å². The van der Waals surface area contributed by atoms with Crippen LogP contribution in [0.5, 0.6) is 5.88 Å². The summed E-state index contributed by atoms with van der Waals surface area (Å²) in [4.78, 5) is 23.4. The Balaban J connectivity index is 1.55. The number of hydrogen-bond donors (Lipinski definition) is 1. The van der Waals surface area contributed by atoms with Gasteiger partial charge in [0, 0.05) is 56.5 Å². The van der Waals surface area contributed by atoms with E-state index < -0.39 is 0 Å². The summed E-state index contributed by atoms with van der Waals surface area (Å²) in [6, 6.07) is 7.36. The summed E-state index contributed by atoms with van der Waals surface area (Å²) in [5.41, 5.74) is 1.49. The molecular weight excluding hydrogens is 356 g/mol. The van der Waals surface area contributed by atoms with Crippen LogP contribution in [-0.2, 0) is 11.3 Å². The SMILES string of the molecule is CCN(CC)c1ccc(CNC(=O)c2ccnc(OC3CCOCC3)c2)cn1. The predicted octanol–water partition coefficient (Wildman–Crippen LogP) is 2.81. The second-order valence-corrected chi connectivity index (χ2v) is 6.69. The van der Waals surface area contributed by atoms with Crippen molar-refractivity contribution in [2.24, 2.45) is 0 Å². The van der Waals surface area contributed by atoms with Crippen molar-refractivity contribution in [3.8, 4) is 5.88 Å². The number of anilines is 1. The molecule has 0 atom stereocenters. The number of nitrogens with zero attached hydrogens (tertiary/aromatic N) is 3. The lowest BCUT2D eigenvalue weighted by Gasteiger charge is -2.22. The Morgan fingerprint density at radius 1 is 1.21 bits per heavy atom. The second kappa shape index (κ2) is 10.0. The van der Waals surface area contributed by atoms with E-state index in [0.29, 0.717) is 31.2 Å². The molecule has 2 aromatic rings. The minimum absolute atomic E-state index is 0.0926. The van der Waals surface area contributed by atoms with Crippen molar-refractivity contribution in [3.05, 3.63) is 47.8 Å². The zero-order valence-electron chi connectivity index (χ0n) is 16.6. The van der Waals surface area contributed by atoms with Gasteiger partial charge in [-0.25, -0.2) is 9.97 Å². The fraction of sp³-hybridized carbons (Fsp3) is 0.476. The van der Waals surface area contributed by atoms with Crippen molar-refractivity contribution in [2.75, 3.05) is 31.2 Å². The van der Waals surface area contributed by atoms with E-state index in [-0.39, 0.29) is 12.0 Å². The molecule has 1 N–H and O–H groups in total. The topological polar surface area (TPSA) is 76.6 Å². The molecule has 0 aliphatic carbocycles. The first-order valence-electron chi connectivity index (χ1n) is 9.88. The van der Waals surface area contributed by atoms with Crippen molar-refractivity contribution in [2.45, 2.75) is 39.3 Å². The maximum Gasteiger partial charge on any atom is 0.251 e. The maximum absolute atomic E-state index is 12.5. The van der Waals surface area contributed by atoms with E-state index in [2.05, 4.69) is 34.0 Å². The standard InChI is InChI=1S/C21H28N4O3/c1-3-25(4-2)19-6-5-16(14-23-19)15-24-21(26)17-7-10-22-20(13-17)28-18-8-11-27-12-9-18/h5-7,10,13-14,18H,3-4,8-9,11-12,15H2,1-2H3,(H,24,26). The molecule has 0 unspecified atom stereocenters. The van der Waals surface area contributed by atoms with Gasteiger partial charge in [-0.05, 0) is 31.5 Å². The van der Waals surface area contributed by atoms with Crippen molar-refractivity contribution in [1.82, 2.24) is 15.3 Å². The monoisotopic (exact) mass is 384 g/mol. The molecule has 0 bridgehead atoms. The average molecular weight is 384 g/mol. The first-order chi connectivity index (χ1) is 13.7. The minimum Gasteiger partial charge on any atom is -0.474 e. The second-order valence-electron chi connectivity index (χ2n) is 6.69. The molecule has 1 aliphatic rings. The number of ether oxygens (including phenoxy) is 2. The molecule has 1 fully saturated rings. The zero-order valence-corrected chi connectivity index (χ0v) is 16.6. The summed E-state index contributed by atoms with van der Waals surface area (Å²) in [6.07, 6.45) is 5.18. The highest BCUT2D eigenvalue weighted by molar-refractivity contribution is 5.94. The van der Waals surface area contributed by atoms with Crippen LogP contribution in [0.3, 0.4) is 0 Å². The normalized spacial score (nSPS) is 14.5. The van der Waals surface area contributed by atoms with Gasteiger partial charge in [0.15, 0.2) is 0 Å². The summed E-state index contributed by atoms with van der Waals surface area (Å²) in [5.74, 6) is 1.26. The van der Waals surface area contributed by atoms with Crippen LogP contribution < -0.4 is 15.0 Å². The maximum atomic E-state index is 12.5. The molecule has 28 heavy (non-hydrogen) atoms. The minimum atomic E-state index is -0.160. The average Bonchev–Trinajstić information content (AvgIpc) is 2.75. The van der Waals surface area contributed by atoms with E-state index in [1.165, 1.54) is 0 Å². The van der Waals surface area contributed by atoms with Gasteiger partial charge in [0.25, 0.3) is 5.91 Å². The van der Waals surface area contributed by atoms with Gasteiger partial charge >= 0.3 is 0 Å². The highest BCUT2D eigenvalue weighted by atomic mass is 16.5. The van der Waals surface area contributed by atoms with E-state index in [1.807, 2.05) is 12.1 Å². The van der Waals surface area contributed by atoms with Crippen LogP contribution >= 0.6 is 0 Å². The third kappa shape index (κ3) is 5.42. The van der Waals surface area contributed by atoms with Crippen LogP contribution in [0.25, 0.3) is 0 Å². The van der Waals surface area contributed by atoms with Gasteiger partial charge in [-0.2, -0.15) is 0 Å². The molecule has 0 radical (unpaired) electrons. The number of amides is 1. The molecule has 3 heterocycles. The van der Waals surface area contributed by atoms with Crippen LogP contribution in [0.4, 0.5) is 5.82 Å². The van der Waals surface area contributed by atoms with Gasteiger partial charge in [-0.15, -0.1) is 0 Å². The highest BCUT2D eigenvalue weighted by Crippen LogP contribution is 2.17. The van der Waals surface area contributed by atoms with Crippen molar-refractivity contribution in [1.29, 1.82) is 0 Å². The van der Waals surface area contributed by atoms with Gasteiger partial charge in [-0.3, -0.25) is 4.79 Å². The number of pyridine rings is 2. The van der Waals surface area contributed by atoms with E-state index in [0.717, 1.165) is 37.3 Å². The first kappa shape index (κ1) is 20.1. The van der Waals surface area contributed by atoms with Crippen LogP contribution in [0.15, 0.2) is 36.7 Å². The molecule has 7 nitrogen and oxygen atoms in total. The Hall–Kier alpha value is -2.67. The van der Waals surface area contributed by atoms with Crippen LogP contribution in [0.2, 0.25) is 0 Å². The number of carbonyl (C=O) groups excluding carboxylic acids is 1. The van der Waals surface area contributed by atoms with E-state index in [9.17, 15) is 4.79 Å².